The van der Waals surface area contributed by atoms with Gasteiger partial charge in [-0.2, -0.15) is 0 Å². The van der Waals surface area contributed by atoms with Gasteiger partial charge in [-0.05, 0) is 101 Å². The van der Waals surface area contributed by atoms with E-state index in [0.29, 0.717) is 60.7 Å². The van der Waals surface area contributed by atoms with E-state index < -0.39 is 5.91 Å². The highest BCUT2D eigenvalue weighted by Gasteiger charge is 2.43. The molecule has 50 heavy (non-hydrogen) atoms. The molecule has 2 unspecified atom stereocenters. The van der Waals surface area contributed by atoms with Crippen molar-refractivity contribution in [3.63, 3.8) is 0 Å². The van der Waals surface area contributed by atoms with Crippen molar-refractivity contribution in [2.45, 2.75) is 75.9 Å². The van der Waals surface area contributed by atoms with E-state index in [9.17, 15) is 18.8 Å². The number of nitrogens with one attached hydrogen (secondary N) is 1. The highest BCUT2D eigenvalue weighted by molar-refractivity contribution is 9.10. The zero-order chi connectivity index (χ0) is 35.2. The van der Waals surface area contributed by atoms with Gasteiger partial charge in [-0.3, -0.25) is 14.4 Å². The van der Waals surface area contributed by atoms with Gasteiger partial charge in [-0.15, -0.1) is 0 Å². The van der Waals surface area contributed by atoms with Gasteiger partial charge in [0.1, 0.15) is 11.6 Å². The van der Waals surface area contributed by atoms with Crippen molar-refractivity contribution in [3.05, 3.63) is 104 Å². The molecule has 0 aromatic heterocycles. The third kappa shape index (κ3) is 9.13. The van der Waals surface area contributed by atoms with Crippen molar-refractivity contribution in [3.8, 4) is 5.75 Å². The zero-order valence-corrected chi connectivity index (χ0v) is 30.4. The number of piperazine rings is 1. The maximum Gasteiger partial charge on any atom is 0.252 e. The molecule has 1 aliphatic carbocycles. The fraction of sp³-hybridized carbons (Fsp3) is 0.410. The number of halogens is 3. The van der Waals surface area contributed by atoms with E-state index in [1.165, 1.54) is 12.1 Å². The van der Waals surface area contributed by atoms with Crippen molar-refractivity contribution in [2.24, 2.45) is 5.73 Å². The molecule has 2 fully saturated rings. The van der Waals surface area contributed by atoms with E-state index in [0.717, 1.165) is 53.5 Å². The first-order chi connectivity index (χ1) is 24.2. The van der Waals surface area contributed by atoms with Crippen molar-refractivity contribution in [1.29, 1.82) is 0 Å². The van der Waals surface area contributed by atoms with Crippen LogP contribution in [0.5, 0.6) is 5.75 Å². The van der Waals surface area contributed by atoms with Crippen molar-refractivity contribution in [2.75, 3.05) is 26.2 Å². The molecule has 0 radical (unpaired) electrons. The van der Waals surface area contributed by atoms with E-state index in [1.807, 2.05) is 34.1 Å². The Balaban J connectivity index is 1.21. The lowest BCUT2D eigenvalue weighted by molar-refractivity contribution is -0.134. The quantitative estimate of drug-likeness (QED) is 0.173. The van der Waals surface area contributed by atoms with Crippen LogP contribution < -0.4 is 15.8 Å². The van der Waals surface area contributed by atoms with Crippen LogP contribution in [0.15, 0.2) is 76.8 Å². The number of nitrogens with zero attached hydrogens (tertiary/aromatic N) is 2. The van der Waals surface area contributed by atoms with Gasteiger partial charge in [-0.25, -0.2) is 4.39 Å². The predicted molar refractivity (Wildman–Crippen MR) is 196 cm³/mol. The number of primary amides is 1. The number of benzene rings is 3. The van der Waals surface area contributed by atoms with Gasteiger partial charge in [0.05, 0.1) is 17.1 Å². The molecule has 264 valence electrons. The Kier molecular flexibility index (Phi) is 11.9. The lowest BCUT2D eigenvalue weighted by atomic mass is 9.82. The molecule has 3 aromatic carbocycles. The molecular weight excluding hydrogens is 723 g/mol. The molecule has 3 aromatic rings. The maximum atomic E-state index is 14.7. The standard InChI is InChI=1S/C39H43BrClFN4O4/c40-32-17-14-28(42)21-35(32)50-20-4-5-25-10-12-26(13-11-25)31-22-29-23-45(37(48)9-3-8-36(43)47)24-34(44-29)38(31)39(49)46(30-15-16-30)19-18-27-6-1-2-7-33(27)41/h1-2,6-7,10-14,17,21,29-30,34,44H,3-5,8-9,15-16,18-20,22-24H2,(H2,43,47). The number of nitrogens with two attached hydrogens (primary N) is 1. The highest BCUT2D eigenvalue weighted by atomic mass is 79.9. The molecule has 2 bridgehead atoms. The Labute approximate surface area is 306 Å². The number of carbonyl (C=O) groups is 3. The molecular formula is C39H43BrClFN4O4. The van der Waals surface area contributed by atoms with Gasteiger partial charge in [0, 0.05) is 61.2 Å². The van der Waals surface area contributed by atoms with Gasteiger partial charge in [0.2, 0.25) is 11.8 Å². The molecule has 3 amide bonds. The number of amides is 3. The largest absolute Gasteiger partial charge is 0.492 e. The van der Waals surface area contributed by atoms with Gasteiger partial charge in [0.25, 0.3) is 5.91 Å². The van der Waals surface area contributed by atoms with Crippen LogP contribution in [0.1, 0.15) is 61.6 Å². The second-order valence-electron chi connectivity index (χ2n) is 13.4. The summed E-state index contributed by atoms with van der Waals surface area (Å²) in [5, 5.41) is 4.37. The highest BCUT2D eigenvalue weighted by Crippen LogP contribution is 2.37. The summed E-state index contributed by atoms with van der Waals surface area (Å²) in [6.45, 7) is 1.93. The average Bonchev–Trinajstić information content (AvgIpc) is 3.94. The summed E-state index contributed by atoms with van der Waals surface area (Å²) in [5.74, 6) is -0.275. The topological polar surface area (TPSA) is 105 Å². The number of hydrogen-bond acceptors (Lipinski definition) is 5. The van der Waals surface area contributed by atoms with Crippen LogP contribution in [0.4, 0.5) is 4.39 Å². The number of rotatable bonds is 15. The number of aryl methyl sites for hydroxylation is 1. The fourth-order valence-corrected chi connectivity index (χ4v) is 7.59. The lowest BCUT2D eigenvalue weighted by Gasteiger charge is -2.45. The van der Waals surface area contributed by atoms with Crippen LogP contribution in [-0.2, 0) is 27.2 Å². The molecule has 3 N–H and O–H groups in total. The van der Waals surface area contributed by atoms with Gasteiger partial charge in [-0.1, -0.05) is 54.1 Å². The molecule has 0 spiro atoms. The molecule has 6 rings (SSSR count). The Bertz CT molecular complexity index is 1750. The molecule has 3 aliphatic rings. The monoisotopic (exact) mass is 764 g/mol. The SMILES string of the molecule is NC(=O)CCCC(=O)N1CC2CC(c3ccc(CCCOc4cc(F)ccc4Br)cc3)=C(C(=O)N(CCc3ccccc3Cl)C3CC3)C(C1)N2. The Morgan fingerprint density at radius 2 is 1.78 bits per heavy atom. The summed E-state index contributed by atoms with van der Waals surface area (Å²) in [6.07, 6.45) is 5.59. The average molecular weight is 766 g/mol. The van der Waals surface area contributed by atoms with Crippen LogP contribution in [0.25, 0.3) is 5.57 Å². The first-order valence-corrected chi connectivity index (χ1v) is 18.6. The van der Waals surface area contributed by atoms with Crippen LogP contribution in [0.3, 0.4) is 0 Å². The van der Waals surface area contributed by atoms with E-state index in [4.69, 9.17) is 22.1 Å². The van der Waals surface area contributed by atoms with Crippen LogP contribution in [-0.4, -0.2) is 71.9 Å². The van der Waals surface area contributed by atoms with Gasteiger partial charge < -0.3 is 25.6 Å². The minimum absolute atomic E-state index is 0.00290. The third-order valence-electron chi connectivity index (χ3n) is 9.69. The lowest BCUT2D eigenvalue weighted by Crippen LogP contribution is -2.62. The normalized spacial score (nSPS) is 18.6. The van der Waals surface area contributed by atoms with E-state index in [2.05, 4.69) is 45.5 Å². The van der Waals surface area contributed by atoms with Crippen molar-refractivity contribution in [1.82, 2.24) is 15.1 Å². The Hall–Kier alpha value is -3.73. The number of hydrogen-bond donors (Lipinski definition) is 2. The van der Waals surface area contributed by atoms with Gasteiger partial charge in [0.15, 0.2) is 0 Å². The summed E-state index contributed by atoms with van der Waals surface area (Å²) in [7, 11) is 0. The van der Waals surface area contributed by atoms with E-state index in [1.54, 1.807) is 6.07 Å². The Morgan fingerprint density at radius 1 is 1.00 bits per heavy atom. The summed E-state index contributed by atoms with van der Waals surface area (Å²) in [5.41, 5.74) is 10.2. The smallest absolute Gasteiger partial charge is 0.252 e. The molecule has 11 heteroatoms. The molecule has 2 heterocycles. The third-order valence-corrected chi connectivity index (χ3v) is 10.7. The van der Waals surface area contributed by atoms with Crippen LogP contribution >= 0.6 is 27.5 Å². The number of carbonyl (C=O) groups excluding carboxylic acids is 3. The Morgan fingerprint density at radius 3 is 2.52 bits per heavy atom. The second kappa shape index (κ2) is 16.5. The molecule has 1 saturated heterocycles. The van der Waals surface area contributed by atoms with Crippen LogP contribution in [0, 0.1) is 5.82 Å². The minimum atomic E-state index is -0.413. The minimum Gasteiger partial charge on any atom is -0.492 e. The molecule has 8 nitrogen and oxygen atoms in total. The fourth-order valence-electron chi connectivity index (χ4n) is 6.99. The number of ether oxygens (including phenoxy) is 1. The first kappa shape index (κ1) is 36.1. The predicted octanol–water partition coefficient (Wildman–Crippen LogP) is 6.47. The first-order valence-electron chi connectivity index (χ1n) is 17.4. The summed E-state index contributed by atoms with van der Waals surface area (Å²) >= 11 is 9.89. The summed E-state index contributed by atoms with van der Waals surface area (Å²) in [6, 6.07) is 20.4. The van der Waals surface area contributed by atoms with Gasteiger partial charge >= 0.3 is 0 Å². The van der Waals surface area contributed by atoms with Crippen molar-refractivity contribution < 1.29 is 23.5 Å². The number of fused-ring (bicyclic) bond motifs is 2. The molecule has 1 saturated carbocycles. The molecule has 2 atom stereocenters. The van der Waals surface area contributed by atoms with E-state index in [-0.39, 0.29) is 48.6 Å². The maximum absolute atomic E-state index is 14.7. The summed E-state index contributed by atoms with van der Waals surface area (Å²) in [4.78, 5) is 43.1. The van der Waals surface area contributed by atoms with E-state index >= 15 is 0 Å². The summed E-state index contributed by atoms with van der Waals surface area (Å²) < 4.78 is 20.1. The zero-order valence-electron chi connectivity index (χ0n) is 28.0. The second-order valence-corrected chi connectivity index (χ2v) is 14.7. The van der Waals surface area contributed by atoms with Crippen molar-refractivity contribution >= 4 is 50.8 Å². The molecule has 2 aliphatic heterocycles. The van der Waals surface area contributed by atoms with Crippen LogP contribution in [0.2, 0.25) is 5.02 Å².